The van der Waals surface area contributed by atoms with E-state index in [2.05, 4.69) is 29.8 Å². The van der Waals surface area contributed by atoms with Gasteiger partial charge in [-0.3, -0.25) is 9.79 Å². The minimum atomic E-state index is -1.01. The lowest BCUT2D eigenvalue weighted by Gasteiger charge is -2.25. The number of benzene rings is 2. The molecule has 2 atom stereocenters. The normalized spacial score (nSPS) is 21.9. The molecule has 7 nitrogen and oxygen atoms in total. The minimum Gasteiger partial charge on any atom is -0.309 e. The van der Waals surface area contributed by atoms with Crippen LogP contribution >= 0.6 is 0 Å². The largest absolute Gasteiger partial charge is 0.321 e. The van der Waals surface area contributed by atoms with Gasteiger partial charge in [-0.2, -0.15) is 0 Å². The van der Waals surface area contributed by atoms with Crippen LogP contribution in [-0.2, 0) is 4.79 Å². The zero-order valence-electron chi connectivity index (χ0n) is 21.2. The van der Waals surface area contributed by atoms with Gasteiger partial charge in [-0.1, -0.05) is 51.1 Å². The van der Waals surface area contributed by atoms with Crippen LogP contribution in [0.3, 0.4) is 0 Å². The van der Waals surface area contributed by atoms with Crippen LogP contribution in [0.5, 0.6) is 0 Å². The molecule has 186 valence electrons. The highest BCUT2D eigenvalue weighted by atomic mass is 16.2. The molecule has 2 aromatic carbocycles. The van der Waals surface area contributed by atoms with Crippen molar-refractivity contribution in [3.63, 3.8) is 0 Å². The van der Waals surface area contributed by atoms with Gasteiger partial charge < -0.3 is 20.9 Å². The number of urea groups is 1. The summed E-state index contributed by atoms with van der Waals surface area (Å²) in [6, 6.07) is 15.1. The molecule has 0 saturated carbocycles. The molecule has 35 heavy (non-hydrogen) atoms. The molecule has 0 bridgehead atoms. The molecular formula is C28H37N5O2. The first-order valence-corrected chi connectivity index (χ1v) is 12.6. The monoisotopic (exact) mass is 475 g/mol. The van der Waals surface area contributed by atoms with E-state index in [0.717, 1.165) is 54.8 Å². The van der Waals surface area contributed by atoms with E-state index in [9.17, 15) is 9.59 Å². The Labute approximate surface area is 208 Å². The number of aliphatic imine (C=N–C) groups is 1. The van der Waals surface area contributed by atoms with E-state index >= 15 is 0 Å². The van der Waals surface area contributed by atoms with Crippen LogP contribution in [-0.4, -0.2) is 42.9 Å². The average Bonchev–Trinajstić information content (AvgIpc) is 3.06. The fraction of sp³-hybridized carbons (Fsp3) is 0.464. The second kappa shape index (κ2) is 10.6. The highest BCUT2D eigenvalue weighted by Gasteiger charge is 2.35. The quantitative estimate of drug-likeness (QED) is 0.577. The van der Waals surface area contributed by atoms with Crippen LogP contribution in [0, 0.1) is 12.3 Å². The topological polar surface area (TPSA) is 85.8 Å². The van der Waals surface area contributed by atoms with Crippen LogP contribution in [0.15, 0.2) is 53.5 Å². The van der Waals surface area contributed by atoms with Gasteiger partial charge in [-0.25, -0.2) is 4.79 Å². The van der Waals surface area contributed by atoms with Crippen LogP contribution in [0.4, 0.5) is 16.2 Å². The zero-order valence-corrected chi connectivity index (χ0v) is 21.2. The zero-order chi connectivity index (χ0) is 25.0. The van der Waals surface area contributed by atoms with E-state index in [-0.39, 0.29) is 17.4 Å². The van der Waals surface area contributed by atoms with Crippen LogP contribution in [0.2, 0.25) is 0 Å². The third-order valence-electron chi connectivity index (χ3n) is 6.86. The van der Waals surface area contributed by atoms with E-state index in [0.29, 0.717) is 12.2 Å². The van der Waals surface area contributed by atoms with Gasteiger partial charge in [0.15, 0.2) is 0 Å². The molecule has 1 fully saturated rings. The van der Waals surface area contributed by atoms with E-state index < -0.39 is 12.2 Å². The summed E-state index contributed by atoms with van der Waals surface area (Å²) in [4.78, 5) is 33.3. The summed E-state index contributed by atoms with van der Waals surface area (Å²) in [6.07, 6.45) is 2.86. The second-order valence-electron chi connectivity index (χ2n) is 10.4. The number of benzodiazepines with no additional fused rings is 1. The molecule has 1 saturated heterocycles. The fourth-order valence-corrected chi connectivity index (χ4v) is 4.88. The number of fused-ring (bicyclic) bond motifs is 1. The van der Waals surface area contributed by atoms with Crippen molar-refractivity contribution in [3.8, 4) is 0 Å². The maximum absolute atomic E-state index is 13.7. The number of amides is 3. The van der Waals surface area contributed by atoms with Crippen molar-refractivity contribution in [2.45, 2.75) is 65.6 Å². The Balaban J connectivity index is 1.68. The van der Waals surface area contributed by atoms with Crippen molar-refractivity contribution in [2.24, 2.45) is 10.4 Å². The molecule has 0 aromatic heterocycles. The summed E-state index contributed by atoms with van der Waals surface area (Å²) in [5.41, 5.74) is 4.62. The molecule has 3 amide bonds. The van der Waals surface area contributed by atoms with Crippen LogP contribution < -0.4 is 20.9 Å². The van der Waals surface area contributed by atoms with Crippen molar-refractivity contribution in [3.05, 3.63) is 59.7 Å². The lowest BCUT2D eigenvalue weighted by Crippen LogP contribution is -2.49. The Hall–Kier alpha value is -3.19. The van der Waals surface area contributed by atoms with Gasteiger partial charge in [-0.05, 0) is 68.3 Å². The first-order chi connectivity index (χ1) is 16.8. The summed E-state index contributed by atoms with van der Waals surface area (Å²) in [7, 11) is 0. The van der Waals surface area contributed by atoms with Gasteiger partial charge >= 0.3 is 6.03 Å². The van der Waals surface area contributed by atoms with Gasteiger partial charge in [0.1, 0.15) is 0 Å². The molecule has 4 rings (SSSR count). The number of hydrogen-bond acceptors (Lipinski definition) is 4. The molecule has 7 heteroatoms. The SMILES string of the molecule is CCCN1C(=O)C(NC(=O)Nc2cccc(C)c2)N=C(C2CCC(C)(C)CCN2)c2ccccc21. The molecule has 2 aromatic rings. The Kier molecular flexibility index (Phi) is 7.55. The number of nitrogens with one attached hydrogen (secondary N) is 3. The number of carbonyl (C=O) groups excluding carboxylic acids is 2. The number of anilines is 2. The Morgan fingerprint density at radius 1 is 1.17 bits per heavy atom. The molecule has 2 heterocycles. The maximum atomic E-state index is 13.7. The molecule has 2 unspecified atom stereocenters. The van der Waals surface area contributed by atoms with Crippen molar-refractivity contribution in [1.82, 2.24) is 10.6 Å². The van der Waals surface area contributed by atoms with Gasteiger partial charge in [0.05, 0.1) is 11.4 Å². The van der Waals surface area contributed by atoms with Crippen molar-refractivity contribution in [1.29, 1.82) is 0 Å². The van der Waals surface area contributed by atoms with Crippen LogP contribution in [0.25, 0.3) is 0 Å². The van der Waals surface area contributed by atoms with Crippen molar-refractivity contribution in [2.75, 3.05) is 23.3 Å². The number of carbonyl (C=O) groups is 2. The number of aryl methyl sites for hydroxylation is 1. The summed E-state index contributed by atoms with van der Waals surface area (Å²) < 4.78 is 0. The van der Waals surface area contributed by atoms with E-state index in [4.69, 9.17) is 4.99 Å². The van der Waals surface area contributed by atoms with Gasteiger partial charge in [0.2, 0.25) is 6.17 Å². The lowest BCUT2D eigenvalue weighted by molar-refractivity contribution is -0.120. The van der Waals surface area contributed by atoms with Crippen molar-refractivity contribution >= 4 is 29.0 Å². The molecule has 3 N–H and O–H groups in total. The number of para-hydroxylation sites is 1. The van der Waals surface area contributed by atoms with Crippen molar-refractivity contribution < 1.29 is 9.59 Å². The Bertz CT molecular complexity index is 1110. The minimum absolute atomic E-state index is 0.0106. The molecule has 2 aliphatic rings. The Morgan fingerprint density at radius 3 is 2.74 bits per heavy atom. The fourth-order valence-electron chi connectivity index (χ4n) is 4.88. The predicted octanol–water partition coefficient (Wildman–Crippen LogP) is 4.86. The Morgan fingerprint density at radius 2 is 1.97 bits per heavy atom. The third-order valence-corrected chi connectivity index (χ3v) is 6.86. The summed E-state index contributed by atoms with van der Waals surface area (Å²) in [5, 5.41) is 9.36. The summed E-state index contributed by atoms with van der Waals surface area (Å²) in [5.74, 6) is -0.220. The molecule has 0 aliphatic carbocycles. The maximum Gasteiger partial charge on any atom is 0.321 e. The molecular weight excluding hydrogens is 438 g/mol. The van der Waals surface area contributed by atoms with Gasteiger partial charge in [0.25, 0.3) is 5.91 Å². The van der Waals surface area contributed by atoms with E-state index in [1.165, 1.54) is 0 Å². The van der Waals surface area contributed by atoms with Crippen LogP contribution in [0.1, 0.15) is 57.6 Å². The average molecular weight is 476 g/mol. The smallest absolute Gasteiger partial charge is 0.309 e. The van der Waals surface area contributed by atoms with Gasteiger partial charge in [-0.15, -0.1) is 0 Å². The first kappa shape index (κ1) is 24.9. The molecule has 2 aliphatic heterocycles. The highest BCUT2D eigenvalue weighted by Crippen LogP contribution is 2.33. The van der Waals surface area contributed by atoms with E-state index in [1.54, 1.807) is 4.90 Å². The highest BCUT2D eigenvalue weighted by molar-refractivity contribution is 6.15. The standard InChI is InChI=1S/C28H37N5O2/c1-5-17-33-23-12-7-6-11-21(23)24(22-13-14-28(3,4)15-16-29-22)31-25(26(33)34)32-27(35)30-20-10-8-9-19(2)18-20/h6-12,18,22,25,29H,5,13-17H2,1-4H3,(H2,30,32,35). The van der Waals surface area contributed by atoms with E-state index in [1.807, 2.05) is 62.4 Å². The molecule has 0 spiro atoms. The summed E-state index contributed by atoms with van der Waals surface area (Å²) in [6.45, 7) is 10.1. The predicted molar refractivity (Wildman–Crippen MR) is 142 cm³/mol. The number of rotatable bonds is 5. The lowest BCUT2D eigenvalue weighted by atomic mass is 9.84. The second-order valence-corrected chi connectivity index (χ2v) is 10.4. The number of nitrogens with zero attached hydrogens (tertiary/aromatic N) is 2. The third kappa shape index (κ3) is 5.90. The first-order valence-electron chi connectivity index (χ1n) is 12.6. The number of hydrogen-bond donors (Lipinski definition) is 3. The van der Waals surface area contributed by atoms with Gasteiger partial charge in [0, 0.05) is 23.8 Å². The molecule has 0 radical (unpaired) electrons. The summed E-state index contributed by atoms with van der Waals surface area (Å²) >= 11 is 0.